The molecule has 0 aliphatic heterocycles. The Morgan fingerprint density at radius 2 is 1.89 bits per heavy atom. The van der Waals surface area contributed by atoms with E-state index in [4.69, 9.17) is 0 Å². The second-order valence-electron chi connectivity index (χ2n) is 7.20. The van der Waals surface area contributed by atoms with Gasteiger partial charge in [0, 0.05) is 19.3 Å². The van der Waals surface area contributed by atoms with E-state index in [2.05, 4.69) is 29.1 Å². The lowest BCUT2D eigenvalue weighted by atomic mass is 10.1. The Morgan fingerprint density at radius 1 is 1.15 bits per heavy atom. The van der Waals surface area contributed by atoms with E-state index >= 15 is 0 Å². The summed E-state index contributed by atoms with van der Waals surface area (Å²) < 4.78 is 1.60. The van der Waals surface area contributed by atoms with Crippen LogP contribution in [-0.2, 0) is 13.1 Å². The number of H-pyrrole nitrogens is 2. The van der Waals surface area contributed by atoms with Gasteiger partial charge in [0.25, 0.3) is 11.5 Å². The SMILES string of the molecule is Cc1ccn(CCC(C)C)c(=O)c1C(=O)NCc1ccc2[nH]c(=O)[nH]c2c1. The molecule has 1 amide bonds. The number of fused-ring (bicyclic) bond motifs is 1. The number of hydrogen-bond donors (Lipinski definition) is 3. The van der Waals surface area contributed by atoms with Gasteiger partial charge in [-0.25, -0.2) is 4.79 Å². The fourth-order valence-corrected chi connectivity index (χ4v) is 2.98. The van der Waals surface area contributed by atoms with Gasteiger partial charge in [0.2, 0.25) is 0 Å². The summed E-state index contributed by atoms with van der Waals surface area (Å²) in [5, 5.41) is 2.81. The molecule has 7 nitrogen and oxygen atoms in total. The van der Waals surface area contributed by atoms with Gasteiger partial charge in [-0.05, 0) is 48.6 Å². The molecule has 2 heterocycles. The second-order valence-corrected chi connectivity index (χ2v) is 7.20. The number of imidazole rings is 1. The number of amides is 1. The minimum Gasteiger partial charge on any atom is -0.348 e. The number of aromatic amines is 2. The highest BCUT2D eigenvalue weighted by Crippen LogP contribution is 2.11. The first kappa shape index (κ1) is 18.7. The molecular weight excluding hydrogens is 344 g/mol. The maximum Gasteiger partial charge on any atom is 0.323 e. The molecule has 0 saturated carbocycles. The lowest BCUT2D eigenvalue weighted by molar-refractivity contribution is 0.0948. The van der Waals surface area contributed by atoms with Crippen LogP contribution in [0.25, 0.3) is 11.0 Å². The van der Waals surface area contributed by atoms with Gasteiger partial charge in [-0.3, -0.25) is 9.59 Å². The Hall–Kier alpha value is -3.09. The Morgan fingerprint density at radius 3 is 2.63 bits per heavy atom. The number of nitrogens with zero attached hydrogens (tertiary/aromatic N) is 1. The van der Waals surface area contributed by atoms with Gasteiger partial charge < -0.3 is 19.9 Å². The zero-order valence-electron chi connectivity index (χ0n) is 15.8. The van der Waals surface area contributed by atoms with Crippen LogP contribution in [0.3, 0.4) is 0 Å². The molecule has 1 aromatic carbocycles. The van der Waals surface area contributed by atoms with E-state index in [0.717, 1.165) is 12.0 Å². The van der Waals surface area contributed by atoms with E-state index in [1.54, 1.807) is 35.9 Å². The quantitative estimate of drug-likeness (QED) is 0.622. The van der Waals surface area contributed by atoms with Crippen LogP contribution in [0.15, 0.2) is 40.1 Å². The van der Waals surface area contributed by atoms with Crippen LogP contribution in [0.2, 0.25) is 0 Å². The van der Waals surface area contributed by atoms with Crippen LogP contribution >= 0.6 is 0 Å². The van der Waals surface area contributed by atoms with Crippen molar-refractivity contribution in [1.82, 2.24) is 19.9 Å². The maximum absolute atomic E-state index is 12.7. The molecule has 3 N–H and O–H groups in total. The van der Waals surface area contributed by atoms with Gasteiger partial charge in [0.15, 0.2) is 0 Å². The highest BCUT2D eigenvalue weighted by atomic mass is 16.2. The van der Waals surface area contributed by atoms with Crippen LogP contribution in [0.5, 0.6) is 0 Å². The number of carbonyl (C=O) groups excluding carboxylic acids is 1. The van der Waals surface area contributed by atoms with Gasteiger partial charge in [-0.2, -0.15) is 0 Å². The first-order valence-electron chi connectivity index (χ1n) is 9.04. The predicted octanol–water partition coefficient (Wildman–Crippen LogP) is 2.30. The molecule has 0 unspecified atom stereocenters. The molecule has 0 aliphatic carbocycles. The zero-order valence-corrected chi connectivity index (χ0v) is 15.8. The molecule has 27 heavy (non-hydrogen) atoms. The number of hydrogen-bond acceptors (Lipinski definition) is 3. The van der Waals surface area contributed by atoms with Gasteiger partial charge >= 0.3 is 5.69 Å². The fraction of sp³-hybridized carbons (Fsp3) is 0.350. The largest absolute Gasteiger partial charge is 0.348 e. The first-order chi connectivity index (χ1) is 12.8. The number of pyridine rings is 1. The van der Waals surface area contributed by atoms with Gasteiger partial charge in [0.05, 0.1) is 11.0 Å². The van der Waals surface area contributed by atoms with E-state index in [1.807, 2.05) is 6.07 Å². The van der Waals surface area contributed by atoms with Crippen molar-refractivity contribution in [1.29, 1.82) is 0 Å². The van der Waals surface area contributed by atoms with Gasteiger partial charge in [0.1, 0.15) is 5.56 Å². The molecule has 3 aromatic rings. The van der Waals surface area contributed by atoms with Gasteiger partial charge in [-0.1, -0.05) is 19.9 Å². The Kier molecular flexibility index (Phi) is 5.30. The molecule has 3 rings (SSSR count). The highest BCUT2D eigenvalue weighted by Gasteiger charge is 2.16. The van der Waals surface area contributed by atoms with E-state index < -0.39 is 0 Å². The summed E-state index contributed by atoms with van der Waals surface area (Å²) in [6.07, 6.45) is 2.62. The molecule has 0 atom stereocenters. The van der Waals surface area contributed by atoms with Crippen molar-refractivity contribution in [2.45, 2.75) is 40.3 Å². The van der Waals surface area contributed by atoms with Crippen molar-refractivity contribution >= 4 is 16.9 Å². The molecule has 142 valence electrons. The van der Waals surface area contributed by atoms with Gasteiger partial charge in [-0.15, -0.1) is 0 Å². The lowest BCUT2D eigenvalue weighted by Crippen LogP contribution is -2.34. The van der Waals surface area contributed by atoms with Crippen molar-refractivity contribution in [3.8, 4) is 0 Å². The molecule has 2 aromatic heterocycles. The van der Waals surface area contributed by atoms with Crippen molar-refractivity contribution in [2.75, 3.05) is 0 Å². The van der Waals surface area contributed by atoms with E-state index in [9.17, 15) is 14.4 Å². The minimum absolute atomic E-state index is 0.178. The number of benzene rings is 1. The summed E-state index contributed by atoms with van der Waals surface area (Å²) in [5.74, 6) is 0.0873. The molecule has 0 saturated heterocycles. The molecular formula is C20H24N4O3. The molecule has 0 fully saturated rings. The molecule has 0 bridgehead atoms. The maximum atomic E-state index is 12.7. The summed E-state index contributed by atoms with van der Waals surface area (Å²) in [5.41, 5.74) is 2.52. The number of carbonyl (C=O) groups is 1. The van der Waals surface area contributed by atoms with Crippen molar-refractivity contribution in [3.05, 3.63) is 68.0 Å². The van der Waals surface area contributed by atoms with Crippen LogP contribution in [0, 0.1) is 12.8 Å². The molecule has 0 spiro atoms. The number of aryl methyl sites for hydroxylation is 2. The minimum atomic E-state index is -0.390. The highest BCUT2D eigenvalue weighted by molar-refractivity contribution is 5.95. The second kappa shape index (κ2) is 7.65. The monoisotopic (exact) mass is 368 g/mol. The topological polar surface area (TPSA) is 99.8 Å². The summed E-state index contributed by atoms with van der Waals surface area (Å²) in [6.45, 7) is 6.82. The van der Waals surface area contributed by atoms with E-state index in [-0.39, 0.29) is 29.3 Å². The van der Waals surface area contributed by atoms with Crippen molar-refractivity contribution < 1.29 is 4.79 Å². The fourth-order valence-electron chi connectivity index (χ4n) is 2.98. The number of aromatic nitrogens is 3. The van der Waals surface area contributed by atoms with E-state index in [0.29, 0.717) is 29.1 Å². The molecule has 0 radical (unpaired) electrons. The number of nitrogens with one attached hydrogen (secondary N) is 3. The summed E-state index contributed by atoms with van der Waals surface area (Å²) >= 11 is 0. The molecule has 7 heteroatoms. The number of rotatable bonds is 6. The van der Waals surface area contributed by atoms with Crippen LogP contribution in [0.4, 0.5) is 0 Å². The standard InChI is InChI=1S/C20H24N4O3/c1-12(2)6-8-24-9-7-13(3)17(19(24)26)18(25)21-11-14-4-5-15-16(10-14)23-20(27)22-15/h4-5,7,9-10,12H,6,8,11H2,1-3H3,(H,21,25)(H2,22,23,27). The van der Waals surface area contributed by atoms with Crippen molar-refractivity contribution in [3.63, 3.8) is 0 Å². The van der Waals surface area contributed by atoms with Crippen LogP contribution in [-0.4, -0.2) is 20.4 Å². The van der Waals surface area contributed by atoms with E-state index in [1.165, 1.54) is 0 Å². The van der Waals surface area contributed by atoms with Crippen LogP contribution in [0.1, 0.15) is 41.8 Å². The first-order valence-corrected chi connectivity index (χ1v) is 9.04. The summed E-state index contributed by atoms with van der Waals surface area (Å²) in [4.78, 5) is 42.0. The third-order valence-corrected chi connectivity index (χ3v) is 4.58. The Labute approximate surface area is 156 Å². The normalized spacial score (nSPS) is 11.3. The predicted molar refractivity (Wildman–Crippen MR) is 105 cm³/mol. The Bertz CT molecular complexity index is 1090. The third-order valence-electron chi connectivity index (χ3n) is 4.58. The van der Waals surface area contributed by atoms with Crippen molar-refractivity contribution in [2.24, 2.45) is 5.92 Å². The summed E-state index contributed by atoms with van der Waals surface area (Å²) in [6, 6.07) is 7.20. The lowest BCUT2D eigenvalue weighted by Gasteiger charge is -2.12. The Balaban J connectivity index is 1.77. The average molecular weight is 368 g/mol. The summed E-state index contributed by atoms with van der Waals surface area (Å²) in [7, 11) is 0. The average Bonchev–Trinajstić information content (AvgIpc) is 2.98. The third kappa shape index (κ3) is 4.19. The zero-order chi connectivity index (χ0) is 19.6. The smallest absolute Gasteiger partial charge is 0.323 e. The molecule has 0 aliphatic rings. The van der Waals surface area contributed by atoms with Crippen LogP contribution < -0.4 is 16.6 Å².